The number of alkyl halides is 2. The van der Waals surface area contributed by atoms with Crippen molar-refractivity contribution >= 4 is 20.0 Å². The predicted molar refractivity (Wildman–Crippen MR) is 69.5 cm³/mol. The molecular weight excluding hydrogens is 393 g/mol. The molecule has 0 heterocycles. The lowest BCUT2D eigenvalue weighted by Crippen LogP contribution is -2.37. The molecule has 0 aromatic carbocycles. The molecule has 8 nitrogen and oxygen atoms in total. The normalized spacial score (nSPS) is 16.4. The highest BCUT2D eigenvalue weighted by molar-refractivity contribution is 8.04. The van der Waals surface area contributed by atoms with Crippen molar-refractivity contribution in [2.75, 3.05) is 24.7 Å². The fourth-order valence-electron chi connectivity index (χ4n) is 0.998. The van der Waals surface area contributed by atoms with Gasteiger partial charge < -0.3 is 9.47 Å². The van der Waals surface area contributed by atoms with Crippen molar-refractivity contribution in [3.05, 3.63) is 11.8 Å². The first kappa shape index (κ1) is 23.0. The van der Waals surface area contributed by atoms with Crippen LogP contribution in [0.25, 0.3) is 0 Å². The largest absolute Gasteiger partial charge is 0.428 e. The van der Waals surface area contributed by atoms with Gasteiger partial charge in [-0.15, -0.1) is 4.13 Å². The second-order valence-corrected chi connectivity index (χ2v) is 7.97. The average molecular weight is 407 g/mol. The van der Waals surface area contributed by atoms with Crippen LogP contribution in [0.4, 0.5) is 22.1 Å². The molecule has 0 aliphatic rings. The fourth-order valence-corrected chi connectivity index (χ4v) is 3.81. The summed E-state index contributed by atoms with van der Waals surface area (Å²) in [5, 5.41) is 0. The van der Waals surface area contributed by atoms with E-state index in [1.165, 1.54) is 4.13 Å². The minimum Gasteiger partial charge on any atom is -0.428 e. The topological polar surface area (TPSA) is 108 Å². The number of hydrogen-bond acceptors (Lipinski definition) is 7. The number of rotatable bonds is 12. The van der Waals surface area contributed by atoms with Gasteiger partial charge in [-0.3, -0.25) is 0 Å². The molecular formula is C9H14F5NO7S2. The van der Waals surface area contributed by atoms with E-state index >= 15 is 0 Å². The average Bonchev–Trinajstić information content (AvgIpc) is 2.43. The quantitative estimate of drug-likeness (QED) is 0.378. The van der Waals surface area contributed by atoms with Crippen LogP contribution in [-0.4, -0.2) is 54.3 Å². The third-order valence-electron chi connectivity index (χ3n) is 2.01. The molecule has 15 heteroatoms. The minimum atomic E-state index is -4.54. The smallest absolute Gasteiger partial charge is 0.307 e. The Hall–Kier alpha value is -1.03. The Morgan fingerprint density at radius 3 is 1.96 bits per heavy atom. The Bertz CT molecular complexity index is 620. The zero-order valence-electron chi connectivity index (χ0n) is 12.0. The van der Waals surface area contributed by atoms with Crippen LogP contribution in [0.15, 0.2) is 11.8 Å². The Balaban J connectivity index is 4.41. The van der Waals surface area contributed by atoms with Crippen molar-refractivity contribution in [2.24, 2.45) is 0 Å². The van der Waals surface area contributed by atoms with Gasteiger partial charge in [-0.25, -0.2) is 25.6 Å². The van der Waals surface area contributed by atoms with Gasteiger partial charge in [0.15, 0.2) is 5.83 Å². The number of allylic oxidation sites excluding steroid dienone is 1. The van der Waals surface area contributed by atoms with E-state index in [9.17, 15) is 38.9 Å². The molecule has 0 aliphatic carbocycles. The summed E-state index contributed by atoms with van der Waals surface area (Å²) in [6.45, 7) is -1.40. The van der Waals surface area contributed by atoms with E-state index in [0.717, 1.165) is 0 Å². The lowest BCUT2D eigenvalue weighted by molar-refractivity contribution is -0.177. The molecule has 0 bridgehead atoms. The van der Waals surface area contributed by atoms with E-state index < -0.39 is 69.3 Å². The highest BCUT2D eigenvalue weighted by Gasteiger charge is 2.26. The summed E-state index contributed by atoms with van der Waals surface area (Å²) in [6, 6.07) is -2.02. The standard InChI is InChI=1S/C9H14F5NO7S2/c1-6(10)7(11)22-9(13)8(12)20-2-4-23(16,17)15-24(18,19)5-3-21-14/h8-9,15H,2-5H2,1H3/b7-6+. The summed E-state index contributed by atoms with van der Waals surface area (Å²) in [5.74, 6) is -3.70. The van der Waals surface area contributed by atoms with Crippen LogP contribution in [0.1, 0.15) is 6.92 Å². The highest BCUT2D eigenvalue weighted by atomic mass is 32.3. The molecule has 0 aromatic heterocycles. The van der Waals surface area contributed by atoms with Gasteiger partial charge in [-0.05, 0) is 11.4 Å². The second kappa shape index (κ2) is 10.1. The van der Waals surface area contributed by atoms with Crippen molar-refractivity contribution in [3.8, 4) is 0 Å². The maximum Gasteiger partial charge on any atom is 0.307 e. The Labute approximate surface area is 134 Å². The predicted octanol–water partition coefficient (Wildman–Crippen LogP) is 0.889. The molecule has 2 unspecified atom stereocenters. The summed E-state index contributed by atoms with van der Waals surface area (Å²) in [5.41, 5.74) is 0. The van der Waals surface area contributed by atoms with Crippen molar-refractivity contribution in [1.29, 1.82) is 0 Å². The van der Waals surface area contributed by atoms with Gasteiger partial charge in [0, 0.05) is 0 Å². The number of hydrogen-bond donors (Lipinski definition) is 1. The molecule has 2 atom stereocenters. The molecule has 0 saturated carbocycles. The molecule has 144 valence electrons. The van der Waals surface area contributed by atoms with Crippen molar-refractivity contribution in [2.45, 2.75) is 19.6 Å². The minimum absolute atomic E-state index is 0.572. The molecule has 0 aliphatic heterocycles. The number of nitrogens with one attached hydrogen (secondary N) is 1. The van der Waals surface area contributed by atoms with Crippen LogP contribution in [-0.2, 0) is 34.5 Å². The van der Waals surface area contributed by atoms with Crippen LogP contribution < -0.4 is 4.13 Å². The van der Waals surface area contributed by atoms with E-state index in [0.29, 0.717) is 6.92 Å². The van der Waals surface area contributed by atoms with Gasteiger partial charge in [-0.2, -0.15) is 13.7 Å². The Morgan fingerprint density at radius 2 is 1.50 bits per heavy atom. The molecule has 0 rings (SSSR count). The van der Waals surface area contributed by atoms with E-state index in [4.69, 9.17) is 0 Å². The fraction of sp³-hybridized carbons (Fsp3) is 0.778. The summed E-state index contributed by atoms with van der Waals surface area (Å²) in [6.07, 6.45) is -6.06. The number of halogens is 5. The van der Waals surface area contributed by atoms with Crippen molar-refractivity contribution < 1.29 is 53.3 Å². The first-order valence-electron chi connectivity index (χ1n) is 5.96. The highest BCUT2D eigenvalue weighted by Crippen LogP contribution is 2.16. The maximum atomic E-state index is 13.1. The van der Waals surface area contributed by atoms with Gasteiger partial charge >= 0.3 is 6.01 Å². The number of ether oxygens (including phenoxy) is 2. The lowest BCUT2D eigenvalue weighted by atomic mass is 10.6. The Morgan fingerprint density at radius 1 is 1.00 bits per heavy atom. The molecule has 0 saturated heterocycles. The zero-order valence-corrected chi connectivity index (χ0v) is 13.7. The van der Waals surface area contributed by atoms with Crippen LogP contribution in [0.5, 0.6) is 0 Å². The molecule has 0 fully saturated rings. The third kappa shape index (κ3) is 9.96. The molecule has 0 amide bonds. The van der Waals surface area contributed by atoms with Crippen LogP contribution in [0.3, 0.4) is 0 Å². The van der Waals surface area contributed by atoms with Gasteiger partial charge in [0.2, 0.25) is 20.0 Å². The molecule has 0 radical (unpaired) electrons. The van der Waals surface area contributed by atoms with E-state index in [-0.39, 0.29) is 0 Å². The zero-order chi connectivity index (χ0) is 19.0. The first-order chi connectivity index (χ1) is 10.9. The van der Waals surface area contributed by atoms with E-state index in [1.54, 1.807) is 0 Å². The summed E-state index contributed by atoms with van der Waals surface area (Å²) < 4.78 is 116. The van der Waals surface area contributed by atoms with Crippen molar-refractivity contribution in [1.82, 2.24) is 4.13 Å². The van der Waals surface area contributed by atoms with Gasteiger partial charge in [-0.1, -0.05) is 0 Å². The summed E-state index contributed by atoms with van der Waals surface area (Å²) in [7, 11) is -8.98. The Kier molecular flexibility index (Phi) is 9.64. The molecule has 24 heavy (non-hydrogen) atoms. The van der Waals surface area contributed by atoms with Crippen molar-refractivity contribution in [3.63, 3.8) is 0 Å². The molecule has 0 aromatic rings. The van der Waals surface area contributed by atoms with E-state index in [1.807, 2.05) is 0 Å². The van der Waals surface area contributed by atoms with Crippen LogP contribution >= 0.6 is 0 Å². The van der Waals surface area contributed by atoms with Gasteiger partial charge in [0.25, 0.3) is 12.7 Å². The van der Waals surface area contributed by atoms with Gasteiger partial charge in [0.05, 0.1) is 18.1 Å². The van der Waals surface area contributed by atoms with Crippen LogP contribution in [0, 0.1) is 0 Å². The third-order valence-corrected chi connectivity index (χ3v) is 5.44. The first-order valence-corrected chi connectivity index (χ1v) is 9.26. The van der Waals surface area contributed by atoms with Gasteiger partial charge in [0.1, 0.15) is 6.61 Å². The molecule has 1 N–H and O–H groups in total. The SMILES string of the molecule is C/C(F)=C(/F)OC(F)C(F)OCCS(=O)(=O)NS(=O)(=O)CCOF. The van der Waals surface area contributed by atoms with E-state index in [2.05, 4.69) is 14.4 Å². The monoisotopic (exact) mass is 407 g/mol. The summed E-state index contributed by atoms with van der Waals surface area (Å²) >= 11 is 0. The maximum absolute atomic E-state index is 13.1. The van der Waals surface area contributed by atoms with Crippen LogP contribution in [0.2, 0.25) is 0 Å². The number of sulfonamides is 2. The second-order valence-electron chi connectivity index (χ2n) is 4.03. The lowest BCUT2D eigenvalue weighted by Gasteiger charge is -2.15. The summed E-state index contributed by atoms with van der Waals surface area (Å²) in [4.78, 5) is 2.97. The molecule has 0 spiro atoms.